The van der Waals surface area contributed by atoms with Crippen LogP contribution in [0.1, 0.15) is 34.8 Å². The van der Waals surface area contributed by atoms with Crippen LogP contribution in [0.5, 0.6) is 5.75 Å². The molecule has 1 aliphatic heterocycles. The number of hydrazone groups is 1. The van der Waals surface area contributed by atoms with Gasteiger partial charge in [-0.05, 0) is 49.2 Å². The molecule has 2 N–H and O–H groups in total. The Labute approximate surface area is 226 Å². The van der Waals surface area contributed by atoms with E-state index >= 15 is 0 Å². The molecule has 0 fully saturated rings. The number of non-ortho nitro benzene ring substituents is 1. The first-order valence-electron chi connectivity index (χ1n) is 12.2. The number of nitrogens with one attached hydrogen (secondary N) is 2. The van der Waals surface area contributed by atoms with Gasteiger partial charge in [-0.15, -0.1) is 0 Å². The highest BCUT2D eigenvalue weighted by Gasteiger charge is 2.27. The summed E-state index contributed by atoms with van der Waals surface area (Å²) in [6.45, 7) is 3.69. The third kappa shape index (κ3) is 5.60. The van der Waals surface area contributed by atoms with Crippen molar-refractivity contribution in [3.8, 4) is 5.75 Å². The number of fused-ring (bicyclic) bond motifs is 1. The molecule has 198 valence electrons. The molecule has 0 amide bonds. The predicted molar refractivity (Wildman–Crippen MR) is 151 cm³/mol. The maximum atomic E-state index is 13.5. The summed E-state index contributed by atoms with van der Waals surface area (Å²) < 4.78 is 35.7. The van der Waals surface area contributed by atoms with E-state index in [-0.39, 0.29) is 22.4 Å². The summed E-state index contributed by atoms with van der Waals surface area (Å²) in [6, 6.07) is 26.1. The van der Waals surface area contributed by atoms with E-state index < -0.39 is 14.9 Å². The summed E-state index contributed by atoms with van der Waals surface area (Å²) >= 11 is 0. The van der Waals surface area contributed by atoms with Crippen LogP contribution in [-0.4, -0.2) is 19.1 Å². The highest BCUT2D eigenvalue weighted by molar-refractivity contribution is 7.92. The van der Waals surface area contributed by atoms with Crippen molar-refractivity contribution in [2.75, 3.05) is 10.1 Å². The Hall–Kier alpha value is -4.70. The fourth-order valence-electron chi connectivity index (χ4n) is 4.44. The molecule has 0 unspecified atom stereocenters. The molecule has 0 aliphatic carbocycles. The van der Waals surface area contributed by atoms with Gasteiger partial charge in [0.2, 0.25) is 0 Å². The average molecular weight is 543 g/mol. The van der Waals surface area contributed by atoms with E-state index in [1.165, 1.54) is 12.1 Å². The number of nitro groups is 1. The second kappa shape index (κ2) is 10.6. The van der Waals surface area contributed by atoms with Crippen molar-refractivity contribution in [3.63, 3.8) is 0 Å². The van der Waals surface area contributed by atoms with Crippen LogP contribution in [-0.2, 0) is 10.0 Å². The Morgan fingerprint density at radius 1 is 0.923 bits per heavy atom. The fraction of sp³-hybridized carbons (Fsp3) is 0.138. The molecule has 9 nitrogen and oxygen atoms in total. The summed E-state index contributed by atoms with van der Waals surface area (Å²) in [5.74, 6) is 0.659. The van der Waals surface area contributed by atoms with Crippen molar-refractivity contribution < 1.29 is 18.1 Å². The van der Waals surface area contributed by atoms with E-state index in [1.54, 1.807) is 19.1 Å². The van der Waals surface area contributed by atoms with Crippen LogP contribution in [0.25, 0.3) is 0 Å². The third-order valence-electron chi connectivity index (χ3n) is 6.42. The molecular formula is C29H26N4O5S. The number of nitro benzene ring substituents is 1. The minimum atomic E-state index is -4.21. The summed E-state index contributed by atoms with van der Waals surface area (Å²) in [6.07, 6.45) is 0.150. The van der Waals surface area contributed by atoms with Crippen LogP contribution in [0, 0.1) is 24.0 Å². The van der Waals surface area contributed by atoms with Gasteiger partial charge in [0.25, 0.3) is 15.7 Å². The summed E-state index contributed by atoms with van der Waals surface area (Å²) in [5, 5.41) is 16.1. The van der Waals surface area contributed by atoms with Crippen molar-refractivity contribution in [2.45, 2.75) is 31.3 Å². The zero-order chi connectivity index (χ0) is 27.6. The van der Waals surface area contributed by atoms with Gasteiger partial charge in [0, 0.05) is 24.1 Å². The molecule has 1 atom stereocenters. The second-order valence-electron chi connectivity index (χ2n) is 9.25. The first-order chi connectivity index (χ1) is 18.7. The van der Waals surface area contributed by atoms with Gasteiger partial charge in [-0.25, -0.2) is 8.42 Å². The maximum Gasteiger partial charge on any atom is 0.270 e. The molecule has 4 aromatic rings. The normalized spacial score (nSPS) is 15.7. The lowest BCUT2D eigenvalue weighted by Crippen LogP contribution is -2.22. The maximum absolute atomic E-state index is 13.5. The first-order valence-corrected chi connectivity index (χ1v) is 13.7. The molecule has 39 heavy (non-hydrogen) atoms. The highest BCUT2D eigenvalue weighted by atomic mass is 32.2. The standard InChI is InChI=1S/C29H26N4O5S/c1-19-12-14-24(20(2)16-19)32-39(36,37)29-17-22(33(34)35)13-15-25(29)30-31-26-18-28(21-8-4-3-5-9-21)38-27-11-7-6-10-23(26)27/h3-17,28,30,32H,18H2,1-2H3/b31-26+/t28-/m1/s1. The lowest BCUT2D eigenvalue weighted by molar-refractivity contribution is -0.385. The number of para-hydroxylation sites is 1. The van der Waals surface area contributed by atoms with Crippen molar-refractivity contribution >= 4 is 32.8 Å². The van der Waals surface area contributed by atoms with Crippen LogP contribution in [0.15, 0.2) is 101 Å². The number of benzene rings is 4. The van der Waals surface area contributed by atoms with Crippen LogP contribution in [0.4, 0.5) is 17.1 Å². The fourth-order valence-corrected chi connectivity index (χ4v) is 5.75. The minimum absolute atomic E-state index is 0.102. The van der Waals surface area contributed by atoms with Gasteiger partial charge < -0.3 is 4.74 Å². The number of sulfonamides is 1. The van der Waals surface area contributed by atoms with E-state index in [2.05, 4.69) is 15.2 Å². The average Bonchev–Trinajstić information content (AvgIpc) is 2.93. The third-order valence-corrected chi connectivity index (χ3v) is 7.83. The van der Waals surface area contributed by atoms with Gasteiger partial charge >= 0.3 is 0 Å². The zero-order valence-corrected chi connectivity index (χ0v) is 22.1. The highest BCUT2D eigenvalue weighted by Crippen LogP contribution is 2.36. The van der Waals surface area contributed by atoms with Gasteiger partial charge in [0.1, 0.15) is 16.7 Å². The smallest absolute Gasteiger partial charge is 0.270 e. The topological polar surface area (TPSA) is 123 Å². The molecule has 0 saturated heterocycles. The Kier molecular flexibility index (Phi) is 7.03. The van der Waals surface area contributed by atoms with E-state index in [1.807, 2.05) is 67.6 Å². The van der Waals surface area contributed by atoms with Gasteiger partial charge in [-0.3, -0.25) is 20.3 Å². The summed E-state index contributed by atoms with van der Waals surface area (Å²) in [4.78, 5) is 10.6. The van der Waals surface area contributed by atoms with Crippen LogP contribution >= 0.6 is 0 Å². The monoisotopic (exact) mass is 542 g/mol. The Balaban J connectivity index is 1.52. The predicted octanol–water partition coefficient (Wildman–Crippen LogP) is 6.35. The number of anilines is 2. The number of aryl methyl sites for hydroxylation is 2. The Morgan fingerprint density at radius 2 is 1.64 bits per heavy atom. The van der Waals surface area contributed by atoms with Crippen molar-refractivity contribution in [1.29, 1.82) is 0 Å². The molecule has 0 spiro atoms. The van der Waals surface area contributed by atoms with Crippen LogP contribution < -0.4 is 14.9 Å². The van der Waals surface area contributed by atoms with Crippen LogP contribution in [0.3, 0.4) is 0 Å². The van der Waals surface area contributed by atoms with Gasteiger partial charge in [0.15, 0.2) is 0 Å². The van der Waals surface area contributed by atoms with Gasteiger partial charge in [0.05, 0.1) is 22.0 Å². The molecule has 0 bridgehead atoms. The minimum Gasteiger partial charge on any atom is -0.485 e. The van der Waals surface area contributed by atoms with E-state index in [4.69, 9.17) is 4.74 Å². The number of ether oxygens (including phenoxy) is 1. The van der Waals surface area contributed by atoms with Crippen molar-refractivity contribution in [2.24, 2.45) is 5.10 Å². The molecule has 1 aliphatic rings. The molecule has 0 radical (unpaired) electrons. The second-order valence-corrected chi connectivity index (χ2v) is 10.9. The first kappa shape index (κ1) is 25.9. The molecular weight excluding hydrogens is 516 g/mol. The zero-order valence-electron chi connectivity index (χ0n) is 21.3. The molecule has 0 aromatic heterocycles. The number of rotatable bonds is 7. The quantitative estimate of drug-likeness (QED) is 0.207. The van der Waals surface area contributed by atoms with Crippen molar-refractivity contribution in [3.05, 3.63) is 123 Å². The molecule has 1 heterocycles. The van der Waals surface area contributed by atoms with E-state index in [0.717, 1.165) is 28.3 Å². The Morgan fingerprint density at radius 3 is 2.38 bits per heavy atom. The largest absolute Gasteiger partial charge is 0.485 e. The summed E-state index contributed by atoms with van der Waals surface area (Å²) in [5.41, 5.74) is 7.13. The van der Waals surface area contributed by atoms with Gasteiger partial charge in [-0.2, -0.15) is 5.10 Å². The lowest BCUT2D eigenvalue weighted by atomic mass is 9.96. The molecule has 10 heteroatoms. The number of nitrogens with zero attached hydrogens (tertiary/aromatic N) is 2. The van der Waals surface area contributed by atoms with Crippen LogP contribution in [0.2, 0.25) is 0 Å². The molecule has 5 rings (SSSR count). The Bertz CT molecular complexity index is 1690. The van der Waals surface area contributed by atoms with Crippen molar-refractivity contribution in [1.82, 2.24) is 0 Å². The summed E-state index contributed by atoms with van der Waals surface area (Å²) in [7, 11) is -4.21. The number of hydrogen-bond acceptors (Lipinski definition) is 7. The molecule has 4 aromatic carbocycles. The lowest BCUT2D eigenvalue weighted by Gasteiger charge is -2.27. The van der Waals surface area contributed by atoms with E-state index in [9.17, 15) is 18.5 Å². The molecule has 0 saturated carbocycles. The van der Waals surface area contributed by atoms with Gasteiger partial charge in [-0.1, -0.05) is 60.2 Å². The van der Waals surface area contributed by atoms with E-state index in [0.29, 0.717) is 23.6 Å². The SMILES string of the molecule is Cc1ccc(NS(=O)(=O)c2cc([N+](=O)[O-])ccc2N/N=C2\C[C@H](c3ccccc3)Oc3ccccc32)c(C)c1. The number of hydrogen-bond donors (Lipinski definition) is 2.